The number of nitrogens with zero attached hydrogens (tertiary/aromatic N) is 1. The largest absolute Gasteiger partial charge is 0.451 e. The van der Waals surface area contributed by atoms with Crippen LogP contribution >= 0.6 is 15.9 Å². The van der Waals surface area contributed by atoms with Gasteiger partial charge in [-0.2, -0.15) is 0 Å². The maximum absolute atomic E-state index is 12.9. The summed E-state index contributed by atoms with van der Waals surface area (Å²) >= 11 is 3.38. The minimum absolute atomic E-state index is 0.0313. The average molecular weight is 497 g/mol. The fourth-order valence-corrected chi connectivity index (χ4v) is 4.57. The van der Waals surface area contributed by atoms with Gasteiger partial charge in [0.2, 0.25) is 0 Å². The van der Waals surface area contributed by atoms with Crippen molar-refractivity contribution in [1.29, 1.82) is 0 Å². The van der Waals surface area contributed by atoms with Gasteiger partial charge in [-0.1, -0.05) is 61.0 Å². The fraction of sp³-hybridized carbons (Fsp3) is 0.385. The number of benzene rings is 2. The number of likely N-dealkylation sites (tertiary alicyclic amines) is 1. The van der Waals surface area contributed by atoms with Gasteiger partial charge >= 0.3 is 0 Å². The minimum Gasteiger partial charge on any atom is -0.451 e. The molecule has 3 aromatic rings. The Labute approximate surface area is 196 Å². The van der Waals surface area contributed by atoms with E-state index < -0.39 is 0 Å². The summed E-state index contributed by atoms with van der Waals surface area (Å²) in [5.41, 5.74) is 2.74. The second-order valence-corrected chi connectivity index (χ2v) is 10.4. The molecule has 1 fully saturated rings. The van der Waals surface area contributed by atoms with E-state index in [1.165, 1.54) is 30.0 Å². The second kappa shape index (κ2) is 9.20. The summed E-state index contributed by atoms with van der Waals surface area (Å²) in [4.78, 5) is 27.7. The number of nitrogens with one attached hydrogen (secondary N) is 1. The molecule has 1 aromatic heterocycles. The third-order valence-electron chi connectivity index (χ3n) is 6.11. The predicted octanol–water partition coefficient (Wildman–Crippen LogP) is 5.42. The Morgan fingerprint density at radius 3 is 2.44 bits per heavy atom. The van der Waals surface area contributed by atoms with E-state index >= 15 is 0 Å². The zero-order chi connectivity index (χ0) is 22.9. The van der Waals surface area contributed by atoms with Crippen LogP contribution in [0.3, 0.4) is 0 Å². The van der Waals surface area contributed by atoms with E-state index in [0.717, 1.165) is 17.6 Å². The molecule has 1 N–H and O–H groups in total. The summed E-state index contributed by atoms with van der Waals surface area (Å²) in [5.74, 6) is -0.344. The molecule has 1 amide bonds. The molecule has 168 valence electrons. The van der Waals surface area contributed by atoms with Crippen LogP contribution in [0.4, 0.5) is 0 Å². The van der Waals surface area contributed by atoms with E-state index in [4.69, 9.17) is 4.42 Å². The van der Waals surface area contributed by atoms with E-state index in [0.29, 0.717) is 17.5 Å². The number of carbonyl (C=O) groups excluding carboxylic acids is 1. The Kier molecular flexibility index (Phi) is 6.54. The predicted molar refractivity (Wildman–Crippen MR) is 131 cm³/mol. The summed E-state index contributed by atoms with van der Waals surface area (Å²) < 4.78 is 6.54. The van der Waals surface area contributed by atoms with Crippen LogP contribution in [-0.2, 0) is 5.41 Å². The van der Waals surface area contributed by atoms with Gasteiger partial charge in [-0.05, 0) is 60.7 Å². The van der Waals surface area contributed by atoms with Crippen LogP contribution in [0.1, 0.15) is 61.3 Å². The van der Waals surface area contributed by atoms with Crippen molar-refractivity contribution in [1.82, 2.24) is 10.2 Å². The van der Waals surface area contributed by atoms with Gasteiger partial charge in [0, 0.05) is 17.1 Å². The Bertz CT molecular complexity index is 1170. The Balaban J connectivity index is 1.55. The van der Waals surface area contributed by atoms with Crippen LogP contribution in [0.15, 0.2) is 62.2 Å². The first-order valence-corrected chi connectivity index (χ1v) is 11.9. The highest BCUT2D eigenvalue weighted by Gasteiger charge is 2.25. The van der Waals surface area contributed by atoms with Crippen LogP contribution in [0, 0.1) is 0 Å². The lowest BCUT2D eigenvalue weighted by Crippen LogP contribution is -2.37. The molecule has 4 rings (SSSR count). The molecule has 2 heterocycles. The first-order valence-electron chi connectivity index (χ1n) is 11.1. The van der Waals surface area contributed by atoms with Crippen molar-refractivity contribution in [3.05, 3.63) is 80.1 Å². The van der Waals surface area contributed by atoms with Gasteiger partial charge < -0.3 is 9.73 Å². The standard InChI is InChI=1S/C26H29BrN2O3/c1-26(2,3)18-8-6-17(7-9-18)21(29-12-4-5-13-29)16-28-25(31)24-15-22(30)20-11-10-19(27)14-23(20)32-24/h6-11,14-15,21H,4-5,12-13,16H2,1-3H3,(H,28,31). The Hall–Kier alpha value is -2.44. The zero-order valence-corrected chi connectivity index (χ0v) is 20.4. The maximum atomic E-state index is 12.9. The number of amides is 1. The highest BCUT2D eigenvalue weighted by molar-refractivity contribution is 9.10. The molecule has 1 atom stereocenters. The molecule has 1 aliphatic rings. The molecule has 32 heavy (non-hydrogen) atoms. The van der Waals surface area contributed by atoms with Crippen molar-refractivity contribution >= 4 is 32.8 Å². The molecule has 0 spiro atoms. The van der Waals surface area contributed by atoms with Crippen LogP contribution in [-0.4, -0.2) is 30.4 Å². The third kappa shape index (κ3) is 4.97. The normalized spacial score (nSPS) is 15.8. The van der Waals surface area contributed by atoms with Gasteiger partial charge in [0.1, 0.15) is 5.58 Å². The molecular formula is C26H29BrN2O3. The lowest BCUT2D eigenvalue weighted by Gasteiger charge is -2.29. The summed E-state index contributed by atoms with van der Waals surface area (Å²) in [5, 5.41) is 3.46. The molecule has 6 heteroatoms. The van der Waals surface area contributed by atoms with Crippen molar-refractivity contribution in [2.45, 2.75) is 45.1 Å². The third-order valence-corrected chi connectivity index (χ3v) is 6.61. The summed E-state index contributed by atoms with van der Waals surface area (Å²) in [6, 6.07) is 15.2. The summed E-state index contributed by atoms with van der Waals surface area (Å²) in [6.07, 6.45) is 2.33. The maximum Gasteiger partial charge on any atom is 0.287 e. The van der Waals surface area contributed by atoms with Crippen LogP contribution < -0.4 is 10.7 Å². The molecule has 0 aliphatic carbocycles. The average Bonchev–Trinajstić information content (AvgIpc) is 3.27. The molecule has 1 unspecified atom stereocenters. The lowest BCUT2D eigenvalue weighted by molar-refractivity contribution is 0.0910. The molecule has 0 radical (unpaired) electrons. The quantitative estimate of drug-likeness (QED) is 0.512. The van der Waals surface area contributed by atoms with Crippen molar-refractivity contribution < 1.29 is 9.21 Å². The van der Waals surface area contributed by atoms with E-state index in [1.54, 1.807) is 18.2 Å². The zero-order valence-electron chi connectivity index (χ0n) is 18.8. The van der Waals surface area contributed by atoms with Gasteiger partial charge in [0.25, 0.3) is 5.91 Å². The molecular weight excluding hydrogens is 468 g/mol. The molecule has 2 aromatic carbocycles. The number of hydrogen-bond donors (Lipinski definition) is 1. The fourth-order valence-electron chi connectivity index (χ4n) is 4.23. The summed E-state index contributed by atoms with van der Waals surface area (Å²) in [7, 11) is 0. The van der Waals surface area contributed by atoms with E-state index in [1.807, 2.05) is 0 Å². The van der Waals surface area contributed by atoms with Crippen molar-refractivity contribution in [2.75, 3.05) is 19.6 Å². The van der Waals surface area contributed by atoms with Crippen molar-refractivity contribution in [2.24, 2.45) is 0 Å². The van der Waals surface area contributed by atoms with Gasteiger partial charge in [0.15, 0.2) is 11.2 Å². The van der Waals surface area contributed by atoms with Gasteiger partial charge in [-0.3, -0.25) is 14.5 Å². The highest BCUT2D eigenvalue weighted by Crippen LogP contribution is 2.28. The monoisotopic (exact) mass is 496 g/mol. The number of rotatable bonds is 5. The number of halogens is 1. The minimum atomic E-state index is -0.375. The number of fused-ring (bicyclic) bond motifs is 1. The summed E-state index contributed by atoms with van der Waals surface area (Å²) in [6.45, 7) is 9.09. The smallest absolute Gasteiger partial charge is 0.287 e. The highest BCUT2D eigenvalue weighted by atomic mass is 79.9. The van der Waals surface area contributed by atoms with Crippen LogP contribution in [0.5, 0.6) is 0 Å². The van der Waals surface area contributed by atoms with Crippen molar-refractivity contribution in [3.63, 3.8) is 0 Å². The Morgan fingerprint density at radius 1 is 1.09 bits per heavy atom. The molecule has 5 nitrogen and oxygen atoms in total. The first kappa shape index (κ1) is 22.7. The van der Waals surface area contributed by atoms with E-state index in [2.05, 4.69) is 71.2 Å². The van der Waals surface area contributed by atoms with Crippen LogP contribution in [0.25, 0.3) is 11.0 Å². The SMILES string of the molecule is CC(C)(C)c1ccc(C(CNC(=O)c2cc(=O)c3ccc(Br)cc3o2)N2CCCC2)cc1. The van der Waals surface area contributed by atoms with E-state index in [-0.39, 0.29) is 28.6 Å². The molecule has 1 aliphatic heterocycles. The second-order valence-electron chi connectivity index (χ2n) is 9.46. The number of hydrogen-bond acceptors (Lipinski definition) is 4. The lowest BCUT2D eigenvalue weighted by atomic mass is 9.86. The van der Waals surface area contributed by atoms with Crippen LogP contribution in [0.2, 0.25) is 0 Å². The topological polar surface area (TPSA) is 62.6 Å². The van der Waals surface area contributed by atoms with Crippen molar-refractivity contribution in [3.8, 4) is 0 Å². The van der Waals surface area contributed by atoms with Gasteiger partial charge in [-0.25, -0.2) is 0 Å². The molecule has 0 bridgehead atoms. The number of carbonyl (C=O) groups is 1. The van der Waals surface area contributed by atoms with E-state index in [9.17, 15) is 9.59 Å². The molecule has 0 saturated carbocycles. The Morgan fingerprint density at radius 2 is 1.78 bits per heavy atom. The molecule has 1 saturated heterocycles. The van der Waals surface area contributed by atoms with Gasteiger partial charge in [0.05, 0.1) is 11.4 Å². The van der Waals surface area contributed by atoms with Gasteiger partial charge in [-0.15, -0.1) is 0 Å². The first-order chi connectivity index (χ1) is 15.2.